The number of hydrogen-bond acceptors (Lipinski definition) is 5. The number of methoxy groups -OCH3 is 1. The topological polar surface area (TPSA) is 79.9 Å². The molecular formula is C18H16O5. The second-order valence-electron chi connectivity index (χ2n) is 5.34. The van der Waals surface area contributed by atoms with E-state index in [0.717, 1.165) is 0 Å². The molecule has 0 spiro atoms. The molecule has 0 unspecified atom stereocenters. The van der Waals surface area contributed by atoms with Crippen LogP contribution in [0.4, 0.5) is 0 Å². The number of rotatable bonds is 2. The van der Waals surface area contributed by atoms with Crippen LogP contribution in [0.2, 0.25) is 0 Å². The molecule has 0 aliphatic rings. The Labute approximate surface area is 132 Å². The van der Waals surface area contributed by atoms with Crippen molar-refractivity contribution in [3.8, 4) is 28.4 Å². The summed E-state index contributed by atoms with van der Waals surface area (Å²) in [6.07, 6.45) is 0. The average molecular weight is 312 g/mol. The molecule has 0 fully saturated rings. The monoisotopic (exact) mass is 312 g/mol. The van der Waals surface area contributed by atoms with E-state index in [1.165, 1.54) is 25.3 Å². The summed E-state index contributed by atoms with van der Waals surface area (Å²) in [5.41, 5.74) is 0.939. The van der Waals surface area contributed by atoms with E-state index in [2.05, 4.69) is 0 Å². The van der Waals surface area contributed by atoms with E-state index in [4.69, 9.17) is 9.15 Å². The Morgan fingerprint density at radius 2 is 1.61 bits per heavy atom. The van der Waals surface area contributed by atoms with Gasteiger partial charge in [-0.05, 0) is 49.2 Å². The maximum Gasteiger partial charge on any atom is 0.190 e. The van der Waals surface area contributed by atoms with E-state index < -0.39 is 0 Å². The minimum Gasteiger partial charge on any atom is -0.507 e. The van der Waals surface area contributed by atoms with Gasteiger partial charge >= 0.3 is 0 Å². The van der Waals surface area contributed by atoms with Gasteiger partial charge in [-0.15, -0.1) is 0 Å². The second kappa shape index (κ2) is 5.35. The van der Waals surface area contributed by atoms with Crippen LogP contribution in [-0.2, 0) is 0 Å². The molecule has 3 aromatic rings. The van der Waals surface area contributed by atoms with Gasteiger partial charge in [-0.25, -0.2) is 0 Å². The van der Waals surface area contributed by atoms with Crippen LogP contribution in [0.3, 0.4) is 0 Å². The van der Waals surface area contributed by atoms with Crippen molar-refractivity contribution < 1.29 is 19.4 Å². The molecular weight excluding hydrogens is 296 g/mol. The van der Waals surface area contributed by atoms with Crippen LogP contribution < -0.4 is 10.2 Å². The molecule has 0 aliphatic heterocycles. The molecule has 1 aromatic heterocycles. The number of aromatic hydroxyl groups is 2. The maximum atomic E-state index is 12.5. The number of aryl methyl sites for hydroxylation is 2. The van der Waals surface area contributed by atoms with Crippen molar-refractivity contribution >= 4 is 10.8 Å². The first-order chi connectivity index (χ1) is 10.9. The third-order valence-corrected chi connectivity index (χ3v) is 3.85. The molecule has 2 aromatic carbocycles. The molecule has 0 amide bonds. The fourth-order valence-electron chi connectivity index (χ4n) is 2.79. The normalized spacial score (nSPS) is 10.9. The summed E-state index contributed by atoms with van der Waals surface area (Å²) in [4.78, 5) is 12.5. The number of ether oxygens (including phenoxy) is 1. The van der Waals surface area contributed by atoms with E-state index in [1.807, 2.05) is 0 Å². The first-order valence-electron chi connectivity index (χ1n) is 7.06. The van der Waals surface area contributed by atoms with Crippen molar-refractivity contribution in [2.24, 2.45) is 0 Å². The summed E-state index contributed by atoms with van der Waals surface area (Å²) in [6, 6.07) is 7.70. The zero-order valence-corrected chi connectivity index (χ0v) is 13.0. The number of benzene rings is 1. The molecule has 5 heteroatoms. The van der Waals surface area contributed by atoms with Gasteiger partial charge in [0.15, 0.2) is 16.9 Å². The fraction of sp³-hybridized carbons (Fsp3) is 0.167. The lowest BCUT2D eigenvalue weighted by molar-refractivity contribution is 0.373. The van der Waals surface area contributed by atoms with Gasteiger partial charge in [-0.2, -0.15) is 0 Å². The first-order valence-corrected chi connectivity index (χ1v) is 7.06. The van der Waals surface area contributed by atoms with Crippen LogP contribution in [0.15, 0.2) is 39.5 Å². The van der Waals surface area contributed by atoms with Crippen LogP contribution in [-0.4, -0.2) is 17.3 Å². The van der Waals surface area contributed by atoms with Crippen molar-refractivity contribution in [1.29, 1.82) is 0 Å². The molecule has 118 valence electrons. The van der Waals surface area contributed by atoms with Crippen LogP contribution >= 0.6 is 0 Å². The Kier molecular flexibility index (Phi) is 3.48. The average Bonchev–Trinajstić information content (AvgIpc) is 2.73. The number of phenolic OH excluding ortho intramolecular Hbond substituents is 1. The zero-order chi connectivity index (χ0) is 16.7. The molecule has 23 heavy (non-hydrogen) atoms. The SMILES string of the molecule is COc1cc(-c2cc(O)c3c(C)oc(C)c3c(=O)c2)ccc1O. The van der Waals surface area contributed by atoms with Gasteiger partial charge in [0.25, 0.3) is 0 Å². The summed E-state index contributed by atoms with van der Waals surface area (Å²) in [5, 5.41) is 20.9. The largest absolute Gasteiger partial charge is 0.507 e. The number of fused-ring (bicyclic) bond motifs is 1. The molecule has 0 aliphatic carbocycles. The van der Waals surface area contributed by atoms with Crippen LogP contribution in [0, 0.1) is 13.8 Å². The van der Waals surface area contributed by atoms with Crippen molar-refractivity contribution in [3.05, 3.63) is 52.1 Å². The van der Waals surface area contributed by atoms with Gasteiger partial charge in [0.1, 0.15) is 17.3 Å². The first kappa shape index (κ1) is 15.0. The smallest absolute Gasteiger partial charge is 0.190 e. The van der Waals surface area contributed by atoms with Gasteiger partial charge in [0.2, 0.25) is 0 Å². The Hall–Kier alpha value is -2.95. The highest BCUT2D eigenvalue weighted by Gasteiger charge is 2.15. The molecule has 5 nitrogen and oxygen atoms in total. The predicted octanol–water partition coefficient (Wildman–Crippen LogP) is 3.50. The minimum atomic E-state index is -0.239. The Morgan fingerprint density at radius 1 is 0.913 bits per heavy atom. The third-order valence-electron chi connectivity index (χ3n) is 3.85. The van der Waals surface area contributed by atoms with Crippen LogP contribution in [0.25, 0.3) is 21.9 Å². The highest BCUT2D eigenvalue weighted by atomic mass is 16.5. The Morgan fingerprint density at radius 3 is 2.30 bits per heavy atom. The van der Waals surface area contributed by atoms with Gasteiger partial charge in [-0.3, -0.25) is 4.79 Å². The van der Waals surface area contributed by atoms with Crippen LogP contribution in [0.5, 0.6) is 17.2 Å². The number of phenols is 1. The zero-order valence-electron chi connectivity index (χ0n) is 13.0. The van der Waals surface area contributed by atoms with Gasteiger partial charge in [0.05, 0.1) is 17.9 Å². The van der Waals surface area contributed by atoms with Crippen molar-refractivity contribution in [1.82, 2.24) is 0 Å². The van der Waals surface area contributed by atoms with E-state index >= 15 is 0 Å². The molecule has 2 N–H and O–H groups in total. The molecule has 0 bridgehead atoms. The van der Waals surface area contributed by atoms with E-state index in [9.17, 15) is 15.0 Å². The minimum absolute atomic E-state index is 0.00683. The van der Waals surface area contributed by atoms with Gasteiger partial charge < -0.3 is 19.4 Å². The highest BCUT2D eigenvalue weighted by Crippen LogP contribution is 2.35. The molecule has 0 atom stereocenters. The summed E-state index contributed by atoms with van der Waals surface area (Å²) < 4.78 is 10.5. The Balaban J connectivity index is 2.34. The quantitative estimate of drug-likeness (QED) is 0.757. The number of hydrogen-bond donors (Lipinski definition) is 2. The van der Waals surface area contributed by atoms with Gasteiger partial charge in [-0.1, -0.05) is 6.07 Å². The molecule has 3 rings (SSSR count). The van der Waals surface area contributed by atoms with E-state index in [-0.39, 0.29) is 16.9 Å². The second-order valence-corrected chi connectivity index (χ2v) is 5.34. The van der Waals surface area contributed by atoms with E-state index in [1.54, 1.807) is 26.0 Å². The van der Waals surface area contributed by atoms with Crippen molar-refractivity contribution in [2.75, 3.05) is 7.11 Å². The lowest BCUT2D eigenvalue weighted by Gasteiger charge is -2.06. The molecule has 0 radical (unpaired) electrons. The summed E-state index contributed by atoms with van der Waals surface area (Å²) in [5.74, 6) is 1.24. The van der Waals surface area contributed by atoms with Crippen molar-refractivity contribution in [2.45, 2.75) is 13.8 Å². The predicted molar refractivity (Wildman–Crippen MR) is 87.3 cm³/mol. The third kappa shape index (κ3) is 2.40. The lowest BCUT2D eigenvalue weighted by atomic mass is 10.1. The summed E-state index contributed by atoms with van der Waals surface area (Å²) >= 11 is 0. The maximum absolute atomic E-state index is 12.5. The fourth-order valence-corrected chi connectivity index (χ4v) is 2.79. The summed E-state index contributed by atoms with van der Waals surface area (Å²) in [7, 11) is 1.45. The highest BCUT2D eigenvalue weighted by molar-refractivity contribution is 5.92. The molecule has 1 heterocycles. The number of furan rings is 1. The molecule has 0 saturated heterocycles. The lowest BCUT2D eigenvalue weighted by Crippen LogP contribution is -1.96. The van der Waals surface area contributed by atoms with Crippen LogP contribution in [0.1, 0.15) is 11.5 Å². The van der Waals surface area contributed by atoms with E-state index in [0.29, 0.717) is 39.2 Å². The van der Waals surface area contributed by atoms with Crippen molar-refractivity contribution in [3.63, 3.8) is 0 Å². The van der Waals surface area contributed by atoms with Gasteiger partial charge in [0, 0.05) is 0 Å². The standard InChI is InChI=1S/C18H16O5/c1-9-17-14(20)6-12(7-15(21)18(17)10(2)23-9)11-4-5-13(19)16(8-11)22-3/h4-8,19-20H,1-3H3. The molecule has 0 saturated carbocycles. The summed E-state index contributed by atoms with van der Waals surface area (Å²) in [6.45, 7) is 3.40. The Bertz CT molecular complexity index is 969.